The van der Waals surface area contributed by atoms with E-state index in [-0.39, 0.29) is 30.3 Å². The molecule has 11 heteroatoms. The number of β-amino-alcohol motifs (C(OH)–C–C–N with tert-alkyl or cyclic N) is 1. The first-order valence-electron chi connectivity index (χ1n) is 10.6. The lowest BCUT2D eigenvalue weighted by molar-refractivity contribution is -0.284. The molecule has 1 fully saturated rings. The number of amidine groups is 1. The van der Waals surface area contributed by atoms with Crippen LogP contribution in [0.3, 0.4) is 0 Å². The molecule has 1 aromatic heterocycles. The Morgan fingerprint density at radius 3 is 2.58 bits per heavy atom. The number of rotatable bonds is 5. The van der Waals surface area contributed by atoms with E-state index in [2.05, 4.69) is 15.6 Å². The van der Waals surface area contributed by atoms with Crippen molar-refractivity contribution in [2.24, 2.45) is 11.1 Å². The Hall–Kier alpha value is -3.08. The molecule has 0 aliphatic carbocycles. The van der Waals surface area contributed by atoms with E-state index in [1.165, 1.54) is 29.2 Å². The number of halogens is 3. The van der Waals surface area contributed by atoms with Gasteiger partial charge in [0.15, 0.2) is 5.84 Å². The number of alkyl halides is 3. The third-order valence-electron chi connectivity index (χ3n) is 5.93. The van der Waals surface area contributed by atoms with Crippen molar-refractivity contribution in [2.75, 3.05) is 6.54 Å². The summed E-state index contributed by atoms with van der Waals surface area (Å²) >= 11 is 0. The second-order valence-electron chi connectivity index (χ2n) is 8.73. The molecular weight excluding hydrogens is 441 g/mol. The molecule has 1 aromatic carbocycles. The molecule has 2 N–H and O–H groups in total. The van der Waals surface area contributed by atoms with Crippen LogP contribution in [0.15, 0.2) is 46.1 Å². The van der Waals surface area contributed by atoms with Gasteiger partial charge in [-0.2, -0.15) is 13.2 Å². The minimum atomic E-state index is -4.84. The standard InChI is InChI=1S/C22H25F3N4O4/c1-12(2)18(17-9-13(3)27-32-17)20(31)29-11-15(30)10-16(29)19-26-21(33-28-19,22(23,24)25)14-7-5-4-6-8-14/h4-9,12,15-16,18,30H,10-11H2,1-3H3,(H,26,28)/t15-,16+,18?,21+/m1/s1. The zero-order valence-electron chi connectivity index (χ0n) is 18.3. The molecule has 0 saturated carbocycles. The van der Waals surface area contributed by atoms with Crippen LogP contribution in [0.25, 0.3) is 0 Å². The highest BCUT2D eigenvalue weighted by molar-refractivity contribution is 5.94. The van der Waals surface area contributed by atoms with Gasteiger partial charge in [0.25, 0.3) is 0 Å². The third kappa shape index (κ3) is 4.05. The van der Waals surface area contributed by atoms with Gasteiger partial charge < -0.3 is 24.7 Å². The molecule has 0 spiro atoms. The summed E-state index contributed by atoms with van der Waals surface area (Å²) < 4.78 is 47.7. The number of carbonyl (C=O) groups excluding carboxylic acids is 1. The normalized spacial score (nSPS) is 26.2. The highest BCUT2D eigenvalue weighted by atomic mass is 19.4. The zero-order valence-corrected chi connectivity index (χ0v) is 18.3. The molecule has 1 unspecified atom stereocenters. The lowest BCUT2D eigenvalue weighted by Crippen LogP contribution is -2.57. The van der Waals surface area contributed by atoms with Crippen LogP contribution in [-0.4, -0.2) is 51.8 Å². The smallest absolute Gasteiger partial charge is 0.391 e. The van der Waals surface area contributed by atoms with Gasteiger partial charge in [0.1, 0.15) is 11.7 Å². The molecular formula is C22H25F3N4O4. The maximum Gasteiger partial charge on any atom is 0.456 e. The first kappa shape index (κ1) is 23.1. The Balaban J connectivity index is 1.64. The van der Waals surface area contributed by atoms with Gasteiger partial charge in [0, 0.05) is 24.6 Å². The van der Waals surface area contributed by atoms with Gasteiger partial charge in [-0.1, -0.05) is 54.5 Å². The molecule has 1 amide bonds. The van der Waals surface area contributed by atoms with E-state index in [9.17, 15) is 23.1 Å². The van der Waals surface area contributed by atoms with Crippen molar-refractivity contribution in [3.05, 3.63) is 53.4 Å². The number of aromatic nitrogens is 1. The van der Waals surface area contributed by atoms with Gasteiger partial charge in [0.2, 0.25) is 5.91 Å². The summed E-state index contributed by atoms with van der Waals surface area (Å²) in [5, 5.41) is 20.2. The molecule has 178 valence electrons. The first-order chi connectivity index (χ1) is 15.5. The van der Waals surface area contributed by atoms with E-state index < -0.39 is 35.9 Å². The molecule has 4 rings (SSSR count). The second-order valence-corrected chi connectivity index (χ2v) is 8.73. The van der Waals surface area contributed by atoms with Gasteiger partial charge in [-0.15, -0.1) is 0 Å². The number of oxime groups is 1. The van der Waals surface area contributed by atoms with Crippen LogP contribution in [0, 0.1) is 12.8 Å². The van der Waals surface area contributed by atoms with Crippen molar-refractivity contribution in [2.45, 2.75) is 57.2 Å². The molecule has 4 atom stereocenters. The minimum absolute atomic E-state index is 0.0178. The molecule has 1 saturated heterocycles. The molecule has 8 nitrogen and oxygen atoms in total. The summed E-state index contributed by atoms with van der Waals surface area (Å²) in [7, 11) is 0. The van der Waals surface area contributed by atoms with Crippen LogP contribution in [0.4, 0.5) is 13.2 Å². The van der Waals surface area contributed by atoms with Crippen LogP contribution < -0.4 is 5.32 Å². The van der Waals surface area contributed by atoms with Crippen molar-refractivity contribution in [1.29, 1.82) is 0 Å². The topological polar surface area (TPSA) is 100 Å². The summed E-state index contributed by atoms with van der Waals surface area (Å²) in [5.74, 6) is -1.10. The number of hydrogen-bond acceptors (Lipinski definition) is 7. The number of aryl methyl sites for hydroxylation is 1. The Bertz CT molecular complexity index is 1040. The summed E-state index contributed by atoms with van der Waals surface area (Å²) in [6.07, 6.45) is -5.75. The quantitative estimate of drug-likeness (QED) is 0.703. The van der Waals surface area contributed by atoms with E-state index in [0.29, 0.717) is 11.5 Å². The molecule has 33 heavy (non-hydrogen) atoms. The average molecular weight is 466 g/mol. The first-order valence-corrected chi connectivity index (χ1v) is 10.6. The number of hydrogen-bond donors (Lipinski definition) is 2. The third-order valence-corrected chi connectivity index (χ3v) is 5.93. The van der Waals surface area contributed by atoms with Crippen LogP contribution in [0.5, 0.6) is 0 Å². The summed E-state index contributed by atoms with van der Waals surface area (Å²) in [6.45, 7) is 5.35. The highest BCUT2D eigenvalue weighted by Crippen LogP contribution is 2.43. The number of carbonyl (C=O) groups is 1. The van der Waals surface area contributed by atoms with Gasteiger partial charge in [-0.05, 0) is 12.8 Å². The van der Waals surface area contributed by atoms with Crippen molar-refractivity contribution < 1.29 is 32.4 Å². The number of aliphatic hydroxyl groups excluding tert-OH is 1. The predicted molar refractivity (Wildman–Crippen MR) is 111 cm³/mol. The summed E-state index contributed by atoms with van der Waals surface area (Å²) in [5.41, 5.74) is -2.45. The number of benzene rings is 1. The average Bonchev–Trinajstić information content (AvgIpc) is 3.46. The fourth-order valence-electron chi connectivity index (χ4n) is 4.33. The van der Waals surface area contributed by atoms with Gasteiger partial charge in [0.05, 0.1) is 17.8 Å². The van der Waals surface area contributed by atoms with Crippen LogP contribution in [0.2, 0.25) is 0 Å². The number of likely N-dealkylation sites (tertiary alicyclic amines) is 1. The predicted octanol–water partition coefficient (Wildman–Crippen LogP) is 3.03. The van der Waals surface area contributed by atoms with Gasteiger partial charge >= 0.3 is 11.9 Å². The fraction of sp³-hybridized carbons (Fsp3) is 0.500. The maximum absolute atomic E-state index is 14.1. The highest BCUT2D eigenvalue weighted by Gasteiger charge is 2.64. The maximum atomic E-state index is 14.1. The summed E-state index contributed by atoms with van der Waals surface area (Å²) in [4.78, 5) is 19.8. The van der Waals surface area contributed by atoms with E-state index in [0.717, 1.165) is 0 Å². The molecule has 2 aromatic rings. The van der Waals surface area contributed by atoms with Crippen molar-refractivity contribution >= 4 is 11.7 Å². The van der Waals surface area contributed by atoms with Gasteiger partial charge in [-0.25, -0.2) is 0 Å². The second kappa shape index (κ2) is 8.36. The Kier molecular flexibility index (Phi) is 5.85. The van der Waals surface area contributed by atoms with Crippen molar-refractivity contribution in [1.82, 2.24) is 15.4 Å². The SMILES string of the molecule is Cc1cc(C(C(=O)N2C[C@H](O)C[C@H]2C2=NO[C@@](c3ccccc3)(C(F)(F)F)N2)C(C)C)on1. The summed E-state index contributed by atoms with van der Waals surface area (Å²) in [6, 6.07) is 7.82. The molecule has 2 aliphatic heterocycles. The molecule has 0 radical (unpaired) electrons. The van der Waals surface area contributed by atoms with Gasteiger partial charge in [-0.3, -0.25) is 4.79 Å². The minimum Gasteiger partial charge on any atom is -0.391 e. The van der Waals surface area contributed by atoms with Crippen LogP contribution in [0.1, 0.15) is 43.2 Å². The van der Waals surface area contributed by atoms with Crippen LogP contribution >= 0.6 is 0 Å². The largest absolute Gasteiger partial charge is 0.456 e. The molecule has 2 aliphatic rings. The van der Waals surface area contributed by atoms with E-state index in [1.807, 2.05) is 13.8 Å². The number of aliphatic hydroxyl groups is 1. The zero-order chi connectivity index (χ0) is 24.0. The van der Waals surface area contributed by atoms with E-state index in [4.69, 9.17) is 9.36 Å². The monoisotopic (exact) mass is 466 g/mol. The lowest BCUT2D eigenvalue weighted by atomic mass is 9.91. The van der Waals surface area contributed by atoms with Crippen LogP contribution in [-0.2, 0) is 15.4 Å². The lowest BCUT2D eigenvalue weighted by Gasteiger charge is -2.32. The van der Waals surface area contributed by atoms with Crippen molar-refractivity contribution in [3.8, 4) is 0 Å². The number of nitrogens with zero attached hydrogens (tertiary/aromatic N) is 3. The number of nitrogens with one attached hydrogen (secondary N) is 1. The van der Waals surface area contributed by atoms with E-state index in [1.54, 1.807) is 19.1 Å². The Morgan fingerprint density at radius 2 is 2.00 bits per heavy atom. The molecule has 3 heterocycles. The Morgan fingerprint density at radius 1 is 1.30 bits per heavy atom. The Labute approximate surface area is 188 Å². The molecule has 0 bridgehead atoms. The van der Waals surface area contributed by atoms with Crippen molar-refractivity contribution in [3.63, 3.8) is 0 Å². The number of amides is 1. The fourth-order valence-corrected chi connectivity index (χ4v) is 4.33. The van der Waals surface area contributed by atoms with E-state index >= 15 is 0 Å².